The maximum atomic E-state index is 5.74. The Bertz CT molecular complexity index is 753. The molecule has 3 heterocycles. The standard InChI is InChI=1S/C20H25N3O3/c1-15-18(22-7-6-21-15)4-3-17-14-24-9-8-23(17)13-16-2-5-19-20(12-16)26-11-10-25-19/h2,5-7,12,17H,3-4,8-11,13-14H2,1H3/t17-/m0/s1. The Morgan fingerprint density at radius 3 is 2.81 bits per heavy atom. The molecule has 1 atom stereocenters. The summed E-state index contributed by atoms with van der Waals surface area (Å²) in [7, 11) is 0. The molecule has 0 bridgehead atoms. The van der Waals surface area contributed by atoms with Crippen molar-refractivity contribution in [2.75, 3.05) is 33.0 Å². The van der Waals surface area contributed by atoms with Crippen molar-refractivity contribution in [1.82, 2.24) is 14.9 Å². The monoisotopic (exact) mass is 355 g/mol. The molecule has 0 N–H and O–H groups in total. The van der Waals surface area contributed by atoms with Gasteiger partial charge in [-0.15, -0.1) is 0 Å². The van der Waals surface area contributed by atoms with Crippen LogP contribution in [0.25, 0.3) is 0 Å². The Hall–Kier alpha value is -2.18. The third kappa shape index (κ3) is 3.97. The van der Waals surface area contributed by atoms with Gasteiger partial charge < -0.3 is 14.2 Å². The fourth-order valence-corrected chi connectivity index (χ4v) is 3.57. The van der Waals surface area contributed by atoms with E-state index in [0.717, 1.165) is 62.0 Å². The normalized spacial score (nSPS) is 20.1. The van der Waals surface area contributed by atoms with E-state index >= 15 is 0 Å². The topological polar surface area (TPSA) is 56.7 Å². The van der Waals surface area contributed by atoms with Gasteiger partial charge in [-0.2, -0.15) is 0 Å². The van der Waals surface area contributed by atoms with Crippen molar-refractivity contribution in [3.63, 3.8) is 0 Å². The lowest BCUT2D eigenvalue weighted by molar-refractivity contribution is -0.0144. The van der Waals surface area contributed by atoms with Crippen molar-refractivity contribution in [1.29, 1.82) is 0 Å². The number of aromatic nitrogens is 2. The fourth-order valence-electron chi connectivity index (χ4n) is 3.57. The first-order valence-corrected chi connectivity index (χ1v) is 9.26. The molecule has 0 saturated carbocycles. The quantitative estimate of drug-likeness (QED) is 0.821. The van der Waals surface area contributed by atoms with Crippen LogP contribution < -0.4 is 9.47 Å². The number of benzene rings is 1. The van der Waals surface area contributed by atoms with E-state index in [1.54, 1.807) is 12.4 Å². The second-order valence-electron chi connectivity index (χ2n) is 6.80. The molecule has 1 saturated heterocycles. The first-order valence-electron chi connectivity index (χ1n) is 9.26. The number of hydrogen-bond donors (Lipinski definition) is 0. The average molecular weight is 355 g/mol. The van der Waals surface area contributed by atoms with Gasteiger partial charge in [0.15, 0.2) is 11.5 Å². The third-order valence-electron chi connectivity index (χ3n) is 5.04. The van der Waals surface area contributed by atoms with Crippen LogP contribution in [0.4, 0.5) is 0 Å². The molecule has 26 heavy (non-hydrogen) atoms. The number of fused-ring (bicyclic) bond motifs is 1. The van der Waals surface area contributed by atoms with Crippen LogP contribution in [0.2, 0.25) is 0 Å². The molecule has 4 rings (SSSR count). The lowest BCUT2D eigenvalue weighted by Gasteiger charge is -2.36. The Balaban J connectivity index is 1.41. The summed E-state index contributed by atoms with van der Waals surface area (Å²) in [6.07, 6.45) is 5.46. The van der Waals surface area contributed by atoms with Gasteiger partial charge in [-0.05, 0) is 37.5 Å². The zero-order chi connectivity index (χ0) is 17.8. The van der Waals surface area contributed by atoms with E-state index < -0.39 is 0 Å². The minimum absolute atomic E-state index is 0.387. The fraction of sp³-hybridized carbons (Fsp3) is 0.500. The third-order valence-corrected chi connectivity index (χ3v) is 5.04. The molecule has 1 aromatic heterocycles. The van der Waals surface area contributed by atoms with E-state index in [4.69, 9.17) is 14.2 Å². The van der Waals surface area contributed by atoms with Gasteiger partial charge in [-0.1, -0.05) is 6.07 Å². The van der Waals surface area contributed by atoms with Gasteiger partial charge in [0, 0.05) is 31.5 Å². The van der Waals surface area contributed by atoms with Crippen LogP contribution >= 0.6 is 0 Å². The summed E-state index contributed by atoms with van der Waals surface area (Å²) >= 11 is 0. The summed E-state index contributed by atoms with van der Waals surface area (Å²) in [6, 6.07) is 6.64. The molecule has 2 aliphatic rings. The zero-order valence-electron chi connectivity index (χ0n) is 15.2. The SMILES string of the molecule is Cc1nccnc1CC[C@H]1COCCN1Cc1ccc2c(c1)OCCO2. The van der Waals surface area contributed by atoms with Crippen molar-refractivity contribution >= 4 is 0 Å². The number of nitrogens with zero attached hydrogens (tertiary/aromatic N) is 3. The van der Waals surface area contributed by atoms with Gasteiger partial charge in [0.05, 0.1) is 24.6 Å². The summed E-state index contributed by atoms with van der Waals surface area (Å²) in [5, 5.41) is 0. The van der Waals surface area contributed by atoms with E-state index in [1.165, 1.54) is 5.56 Å². The van der Waals surface area contributed by atoms with Crippen LogP contribution in [0.1, 0.15) is 23.4 Å². The summed E-state index contributed by atoms with van der Waals surface area (Å²) in [6.45, 7) is 6.65. The summed E-state index contributed by atoms with van der Waals surface area (Å²) in [4.78, 5) is 11.3. The first-order chi connectivity index (χ1) is 12.8. The van der Waals surface area contributed by atoms with E-state index in [1.807, 2.05) is 13.0 Å². The van der Waals surface area contributed by atoms with Gasteiger partial charge in [-0.25, -0.2) is 0 Å². The molecule has 1 fully saturated rings. The molecule has 0 aliphatic carbocycles. The zero-order valence-corrected chi connectivity index (χ0v) is 15.2. The summed E-state index contributed by atoms with van der Waals surface area (Å²) in [5.74, 6) is 1.70. The molecule has 6 nitrogen and oxygen atoms in total. The van der Waals surface area contributed by atoms with Crippen molar-refractivity contribution in [2.45, 2.75) is 32.4 Å². The van der Waals surface area contributed by atoms with E-state index in [9.17, 15) is 0 Å². The van der Waals surface area contributed by atoms with E-state index in [0.29, 0.717) is 19.3 Å². The first kappa shape index (κ1) is 17.2. The Kier molecular flexibility index (Phi) is 5.32. The second-order valence-corrected chi connectivity index (χ2v) is 6.80. The molecule has 6 heteroatoms. The minimum atomic E-state index is 0.387. The largest absolute Gasteiger partial charge is 0.486 e. The van der Waals surface area contributed by atoms with Crippen LogP contribution in [-0.2, 0) is 17.7 Å². The average Bonchev–Trinajstić information content (AvgIpc) is 2.68. The van der Waals surface area contributed by atoms with Crippen LogP contribution in [-0.4, -0.2) is 53.9 Å². The maximum Gasteiger partial charge on any atom is 0.161 e. The van der Waals surface area contributed by atoms with Gasteiger partial charge in [-0.3, -0.25) is 14.9 Å². The van der Waals surface area contributed by atoms with Crippen molar-refractivity contribution < 1.29 is 14.2 Å². The van der Waals surface area contributed by atoms with Gasteiger partial charge in [0.1, 0.15) is 13.2 Å². The molecular weight excluding hydrogens is 330 g/mol. The highest BCUT2D eigenvalue weighted by Crippen LogP contribution is 2.31. The molecule has 0 spiro atoms. The molecule has 0 amide bonds. The smallest absolute Gasteiger partial charge is 0.161 e. The van der Waals surface area contributed by atoms with Crippen molar-refractivity contribution in [3.05, 3.63) is 47.5 Å². The van der Waals surface area contributed by atoms with Crippen LogP contribution in [0.15, 0.2) is 30.6 Å². The van der Waals surface area contributed by atoms with Crippen LogP contribution in [0.3, 0.4) is 0 Å². The van der Waals surface area contributed by atoms with Crippen molar-refractivity contribution in [3.8, 4) is 11.5 Å². The lowest BCUT2D eigenvalue weighted by Crippen LogP contribution is -2.45. The molecule has 0 radical (unpaired) electrons. The highest BCUT2D eigenvalue weighted by atomic mass is 16.6. The molecule has 138 valence electrons. The maximum absolute atomic E-state index is 5.74. The number of aryl methyl sites for hydroxylation is 2. The number of ether oxygens (including phenoxy) is 3. The van der Waals surface area contributed by atoms with Crippen LogP contribution in [0, 0.1) is 6.92 Å². The van der Waals surface area contributed by atoms with Gasteiger partial charge >= 0.3 is 0 Å². The molecule has 1 aromatic carbocycles. The Morgan fingerprint density at radius 1 is 1.08 bits per heavy atom. The van der Waals surface area contributed by atoms with Crippen molar-refractivity contribution in [2.24, 2.45) is 0 Å². The highest BCUT2D eigenvalue weighted by Gasteiger charge is 2.24. The molecule has 0 unspecified atom stereocenters. The predicted octanol–water partition coefficient (Wildman–Crippen LogP) is 2.39. The molecular formula is C20H25N3O3. The number of morpholine rings is 1. The van der Waals surface area contributed by atoms with E-state index in [-0.39, 0.29) is 0 Å². The predicted molar refractivity (Wildman–Crippen MR) is 97.5 cm³/mol. The number of rotatable bonds is 5. The lowest BCUT2D eigenvalue weighted by atomic mass is 10.0. The Morgan fingerprint density at radius 2 is 1.92 bits per heavy atom. The summed E-state index contributed by atoms with van der Waals surface area (Å²) < 4.78 is 17.1. The van der Waals surface area contributed by atoms with Gasteiger partial charge in [0.2, 0.25) is 0 Å². The molecule has 2 aliphatic heterocycles. The molecule has 2 aromatic rings. The summed E-state index contributed by atoms with van der Waals surface area (Å²) in [5.41, 5.74) is 3.34. The number of hydrogen-bond acceptors (Lipinski definition) is 6. The van der Waals surface area contributed by atoms with E-state index in [2.05, 4.69) is 27.0 Å². The minimum Gasteiger partial charge on any atom is -0.486 e. The van der Waals surface area contributed by atoms with Crippen LogP contribution in [0.5, 0.6) is 11.5 Å². The van der Waals surface area contributed by atoms with Gasteiger partial charge in [0.25, 0.3) is 0 Å². The Labute approximate surface area is 154 Å². The highest BCUT2D eigenvalue weighted by molar-refractivity contribution is 5.43. The second kappa shape index (κ2) is 8.01.